The Bertz CT molecular complexity index is 694. The summed E-state index contributed by atoms with van der Waals surface area (Å²) in [4.78, 5) is 0. The quantitative estimate of drug-likeness (QED) is 0.719. The summed E-state index contributed by atoms with van der Waals surface area (Å²) in [5.74, 6) is 1.80. The molecule has 6 heteroatoms. The summed E-state index contributed by atoms with van der Waals surface area (Å²) in [6.07, 6.45) is 0. The van der Waals surface area contributed by atoms with Gasteiger partial charge in [0, 0.05) is 31.1 Å². The molecule has 1 saturated heterocycles. The van der Waals surface area contributed by atoms with E-state index in [0.717, 1.165) is 35.7 Å². The zero-order valence-electron chi connectivity index (χ0n) is 14.5. The monoisotopic (exact) mass is 345 g/mol. The van der Waals surface area contributed by atoms with Crippen LogP contribution in [0.2, 0.25) is 0 Å². The SMILES string of the molecule is COc1ccc(OC)c(CNCC2CNNC2c2ccc(F)cc2)c1. The highest BCUT2D eigenvalue weighted by Gasteiger charge is 2.27. The molecule has 0 bridgehead atoms. The molecule has 3 N–H and O–H groups in total. The first-order valence-electron chi connectivity index (χ1n) is 8.36. The summed E-state index contributed by atoms with van der Waals surface area (Å²) in [6.45, 7) is 2.36. The van der Waals surface area contributed by atoms with Crippen molar-refractivity contribution < 1.29 is 13.9 Å². The van der Waals surface area contributed by atoms with Gasteiger partial charge >= 0.3 is 0 Å². The molecule has 1 aliphatic rings. The summed E-state index contributed by atoms with van der Waals surface area (Å²) in [7, 11) is 3.32. The molecule has 5 nitrogen and oxygen atoms in total. The van der Waals surface area contributed by atoms with E-state index in [2.05, 4.69) is 16.2 Å². The minimum absolute atomic E-state index is 0.153. The van der Waals surface area contributed by atoms with Crippen molar-refractivity contribution in [3.05, 3.63) is 59.4 Å². The van der Waals surface area contributed by atoms with Gasteiger partial charge in [-0.05, 0) is 35.9 Å². The third-order valence-electron chi connectivity index (χ3n) is 4.53. The highest BCUT2D eigenvalue weighted by atomic mass is 19.1. The molecular formula is C19H24FN3O2. The van der Waals surface area contributed by atoms with Gasteiger partial charge in [0.2, 0.25) is 0 Å². The number of benzene rings is 2. The van der Waals surface area contributed by atoms with Gasteiger partial charge in [0.15, 0.2) is 0 Å². The minimum atomic E-state index is -0.213. The molecular weight excluding hydrogens is 321 g/mol. The van der Waals surface area contributed by atoms with E-state index in [-0.39, 0.29) is 11.9 Å². The van der Waals surface area contributed by atoms with Crippen LogP contribution in [0.15, 0.2) is 42.5 Å². The maximum Gasteiger partial charge on any atom is 0.123 e. The van der Waals surface area contributed by atoms with Crippen LogP contribution in [0.25, 0.3) is 0 Å². The maximum absolute atomic E-state index is 13.1. The number of halogens is 1. The first-order chi connectivity index (χ1) is 12.2. The first kappa shape index (κ1) is 17.7. The average molecular weight is 345 g/mol. The molecule has 1 aliphatic heterocycles. The second-order valence-electron chi connectivity index (χ2n) is 6.12. The van der Waals surface area contributed by atoms with E-state index in [1.165, 1.54) is 12.1 Å². The lowest BCUT2D eigenvalue weighted by molar-refractivity contribution is 0.393. The Morgan fingerprint density at radius 2 is 1.92 bits per heavy atom. The number of rotatable bonds is 7. The third kappa shape index (κ3) is 4.28. The van der Waals surface area contributed by atoms with Crippen LogP contribution >= 0.6 is 0 Å². The van der Waals surface area contributed by atoms with Crippen LogP contribution in [0.5, 0.6) is 11.5 Å². The van der Waals surface area contributed by atoms with Gasteiger partial charge in [-0.1, -0.05) is 12.1 Å². The van der Waals surface area contributed by atoms with E-state index in [9.17, 15) is 4.39 Å². The summed E-state index contributed by atoms with van der Waals surface area (Å²) >= 11 is 0. The standard InChI is InChI=1S/C19H24FN3O2/c1-24-17-7-8-18(25-2)14(9-17)10-21-11-15-12-22-23-19(15)13-3-5-16(20)6-4-13/h3-9,15,19,21-23H,10-12H2,1-2H3. The fourth-order valence-electron chi connectivity index (χ4n) is 3.16. The van der Waals surface area contributed by atoms with Crippen molar-refractivity contribution in [2.24, 2.45) is 5.92 Å². The molecule has 1 heterocycles. The number of hydrazine groups is 1. The average Bonchev–Trinajstić information content (AvgIpc) is 3.10. The Morgan fingerprint density at radius 1 is 1.12 bits per heavy atom. The van der Waals surface area contributed by atoms with E-state index >= 15 is 0 Å². The maximum atomic E-state index is 13.1. The zero-order valence-corrected chi connectivity index (χ0v) is 14.5. The Hall–Kier alpha value is -2.15. The molecule has 134 valence electrons. The Morgan fingerprint density at radius 3 is 2.64 bits per heavy atom. The fourth-order valence-corrected chi connectivity index (χ4v) is 3.16. The molecule has 0 spiro atoms. The Balaban J connectivity index is 1.60. The predicted octanol–water partition coefficient (Wildman–Crippen LogP) is 2.40. The van der Waals surface area contributed by atoms with Crippen molar-refractivity contribution in [1.29, 1.82) is 0 Å². The third-order valence-corrected chi connectivity index (χ3v) is 4.53. The Kier molecular flexibility index (Phi) is 5.86. The molecule has 1 fully saturated rings. The van der Waals surface area contributed by atoms with Crippen LogP contribution in [-0.2, 0) is 6.54 Å². The lowest BCUT2D eigenvalue weighted by Crippen LogP contribution is -2.28. The largest absolute Gasteiger partial charge is 0.497 e. The highest BCUT2D eigenvalue weighted by Crippen LogP contribution is 2.26. The molecule has 3 rings (SSSR count). The topological polar surface area (TPSA) is 54.6 Å². The van der Waals surface area contributed by atoms with E-state index in [0.29, 0.717) is 12.5 Å². The summed E-state index contributed by atoms with van der Waals surface area (Å²) < 4.78 is 23.8. The molecule has 2 aromatic carbocycles. The van der Waals surface area contributed by atoms with Crippen molar-refractivity contribution >= 4 is 0 Å². The van der Waals surface area contributed by atoms with Crippen molar-refractivity contribution in [2.75, 3.05) is 27.3 Å². The second kappa shape index (κ2) is 8.29. The first-order valence-corrected chi connectivity index (χ1v) is 8.36. The van der Waals surface area contributed by atoms with Crippen LogP contribution in [0, 0.1) is 11.7 Å². The highest BCUT2D eigenvalue weighted by molar-refractivity contribution is 5.40. The van der Waals surface area contributed by atoms with Crippen LogP contribution < -0.4 is 25.6 Å². The van der Waals surface area contributed by atoms with Crippen molar-refractivity contribution in [3.8, 4) is 11.5 Å². The molecule has 2 unspecified atom stereocenters. The van der Waals surface area contributed by atoms with Crippen LogP contribution in [0.1, 0.15) is 17.2 Å². The van der Waals surface area contributed by atoms with Gasteiger partial charge in [0.1, 0.15) is 17.3 Å². The zero-order chi connectivity index (χ0) is 17.6. The molecule has 2 atom stereocenters. The van der Waals surface area contributed by atoms with Crippen molar-refractivity contribution in [1.82, 2.24) is 16.2 Å². The van der Waals surface area contributed by atoms with Gasteiger partial charge < -0.3 is 14.8 Å². The smallest absolute Gasteiger partial charge is 0.123 e. The van der Waals surface area contributed by atoms with E-state index < -0.39 is 0 Å². The second-order valence-corrected chi connectivity index (χ2v) is 6.12. The fraction of sp³-hybridized carbons (Fsp3) is 0.368. The van der Waals surface area contributed by atoms with E-state index in [1.54, 1.807) is 14.2 Å². The van der Waals surface area contributed by atoms with E-state index in [4.69, 9.17) is 9.47 Å². The van der Waals surface area contributed by atoms with Gasteiger partial charge in [-0.25, -0.2) is 9.82 Å². The molecule has 0 saturated carbocycles. The minimum Gasteiger partial charge on any atom is -0.497 e. The molecule has 0 aliphatic carbocycles. The van der Waals surface area contributed by atoms with Gasteiger partial charge in [-0.3, -0.25) is 5.43 Å². The lowest BCUT2D eigenvalue weighted by atomic mass is 9.95. The summed E-state index contributed by atoms with van der Waals surface area (Å²) in [6, 6.07) is 12.6. The molecule has 0 aromatic heterocycles. The van der Waals surface area contributed by atoms with Gasteiger partial charge in [0.25, 0.3) is 0 Å². The van der Waals surface area contributed by atoms with Crippen LogP contribution in [0.3, 0.4) is 0 Å². The Labute approximate surface area is 147 Å². The number of nitrogens with one attached hydrogen (secondary N) is 3. The van der Waals surface area contributed by atoms with Gasteiger partial charge in [-0.15, -0.1) is 0 Å². The van der Waals surface area contributed by atoms with Gasteiger partial charge in [0.05, 0.1) is 20.3 Å². The molecule has 2 aromatic rings. The van der Waals surface area contributed by atoms with Crippen molar-refractivity contribution in [3.63, 3.8) is 0 Å². The lowest BCUT2D eigenvalue weighted by Gasteiger charge is -2.20. The molecule has 0 amide bonds. The molecule has 0 radical (unpaired) electrons. The van der Waals surface area contributed by atoms with Gasteiger partial charge in [-0.2, -0.15) is 0 Å². The number of hydrogen-bond donors (Lipinski definition) is 3. The van der Waals surface area contributed by atoms with E-state index in [1.807, 2.05) is 30.3 Å². The van der Waals surface area contributed by atoms with Crippen molar-refractivity contribution in [2.45, 2.75) is 12.6 Å². The number of methoxy groups -OCH3 is 2. The van der Waals surface area contributed by atoms with Crippen LogP contribution in [0.4, 0.5) is 4.39 Å². The normalized spacial score (nSPS) is 19.8. The number of hydrogen-bond acceptors (Lipinski definition) is 5. The summed E-state index contributed by atoms with van der Waals surface area (Å²) in [5.41, 5.74) is 8.61. The predicted molar refractivity (Wildman–Crippen MR) is 95.0 cm³/mol. The number of ether oxygens (including phenoxy) is 2. The van der Waals surface area contributed by atoms with Crippen LogP contribution in [-0.4, -0.2) is 27.3 Å². The summed E-state index contributed by atoms with van der Waals surface area (Å²) in [5, 5.41) is 3.49. The molecule has 25 heavy (non-hydrogen) atoms.